The Kier molecular flexibility index (Phi) is 62.9. The molecule has 2 fully saturated rings. The van der Waals surface area contributed by atoms with Crippen molar-refractivity contribution in [3.8, 4) is 0 Å². The highest BCUT2D eigenvalue weighted by atomic mass is 19.5. The molecule has 0 aromatic heterocycles. The normalized spacial score (nSPS) is 16.8. The highest BCUT2D eigenvalue weighted by Crippen LogP contribution is 2.46. The number of benzene rings is 1. The molecule has 2 aliphatic carbocycles. The Morgan fingerprint density at radius 3 is 0.757 bits per heavy atom. The van der Waals surface area contributed by atoms with Crippen molar-refractivity contribution in [1.29, 1.82) is 0 Å². The van der Waals surface area contributed by atoms with Gasteiger partial charge in [-0.15, -0.1) is 0 Å². The molecule has 1 aromatic rings. The van der Waals surface area contributed by atoms with Gasteiger partial charge >= 0.3 is 110 Å². The molecule has 0 amide bonds. The molecule has 878 valence electrons. The molecule has 148 heavy (non-hydrogen) atoms. The summed E-state index contributed by atoms with van der Waals surface area (Å²) in [7, 11) is 0. The molecule has 0 aliphatic heterocycles. The van der Waals surface area contributed by atoms with Crippen LogP contribution in [0.4, 0.5) is 154 Å². The van der Waals surface area contributed by atoms with E-state index in [-0.39, 0.29) is 78.0 Å². The Hall–Kier alpha value is -7.47. The van der Waals surface area contributed by atoms with Gasteiger partial charge in [0.05, 0.1) is 50.9 Å². The van der Waals surface area contributed by atoms with E-state index in [1.165, 1.54) is 148 Å². The minimum atomic E-state index is -5.67. The second-order valence-corrected chi connectivity index (χ2v) is 41.1. The maximum atomic E-state index is 13.1. The molecular formula is C97H149F35O16. The summed E-state index contributed by atoms with van der Waals surface area (Å²) in [6, 6.07) is 0. The zero-order valence-corrected chi connectivity index (χ0v) is 89.2. The third-order valence-electron chi connectivity index (χ3n) is 24.9. The van der Waals surface area contributed by atoms with Gasteiger partial charge in [0, 0.05) is 5.56 Å². The van der Waals surface area contributed by atoms with Gasteiger partial charge in [-0.3, -0.25) is 38.4 Å². The average Bonchev–Trinajstić information content (AvgIpc) is 0.788. The number of halogens is 35. The van der Waals surface area contributed by atoms with Crippen LogP contribution in [0.2, 0.25) is 0 Å². The molecule has 0 N–H and O–H groups in total. The predicted molar refractivity (Wildman–Crippen MR) is 476 cm³/mol. The summed E-state index contributed by atoms with van der Waals surface area (Å²) in [5.74, 6) is -17.7. The number of hydrogen-bond acceptors (Lipinski definition) is 16. The molecule has 1 aromatic carbocycles. The van der Waals surface area contributed by atoms with E-state index in [4.69, 9.17) is 14.2 Å². The summed E-state index contributed by atoms with van der Waals surface area (Å²) in [6.07, 6.45) is -59.7. The van der Waals surface area contributed by atoms with Crippen molar-refractivity contribution in [2.45, 2.75) is 459 Å². The largest absolute Gasteiger partial charge is 0.465 e. The molecular weight excluding hydrogens is 2090 g/mol. The van der Waals surface area contributed by atoms with Gasteiger partial charge in [0.15, 0.2) is 23.3 Å². The van der Waals surface area contributed by atoms with Crippen LogP contribution in [-0.2, 0) is 76.3 Å². The number of esters is 8. The lowest BCUT2D eigenvalue weighted by Gasteiger charge is -2.39. The number of ether oxygens (including phenoxy) is 8. The van der Waals surface area contributed by atoms with E-state index in [9.17, 15) is 192 Å². The van der Waals surface area contributed by atoms with Crippen molar-refractivity contribution in [3.63, 3.8) is 0 Å². The zero-order valence-electron chi connectivity index (χ0n) is 89.2. The van der Waals surface area contributed by atoms with Crippen molar-refractivity contribution in [2.75, 3.05) is 6.61 Å². The van der Waals surface area contributed by atoms with Gasteiger partial charge in [-0.05, 0) is 229 Å². The van der Waals surface area contributed by atoms with E-state index in [1.54, 1.807) is 6.92 Å². The van der Waals surface area contributed by atoms with Crippen LogP contribution < -0.4 is 0 Å². The van der Waals surface area contributed by atoms with E-state index in [0.29, 0.717) is 24.4 Å². The molecule has 0 bridgehead atoms. The standard InChI is InChI=1S/2C16H30O2.C12H24O2.C10H9F5.3C9H12F6O2.2C8H10F6O2/c1-7-16(5,6)14(17)18-13-10-8-12(9-11-13)15(2,3)4;1-7-15(3,4)14(17)18-16(5,6)13-10-8-12(2)9-11-13;1-5-7-8-9-10-14-11(13)12(3,4)6-2;1-3-4(2)5-6(11)8(13)10(15)9(14)7(5)12;3*1-4-7(2,3)6(16)17-5(8(10,11)12)9(13,14)15;2*1-3-4(2)5(15)16-6(7(9,10)11)8(12,13)14/h2*12-13H,7-11H2,1-6H3;5-10H2,1-4H3;4H,3H2,1-2H3;3*5H,4H2,1-3H3;2*4,6H,3H2,1-2H3. The lowest BCUT2D eigenvalue weighted by Crippen LogP contribution is -2.47. The second kappa shape index (κ2) is 61.6. The maximum Gasteiger partial charge on any atom is 0.434 e. The van der Waals surface area contributed by atoms with Gasteiger partial charge in [0.25, 0.3) is 30.5 Å². The van der Waals surface area contributed by atoms with Crippen molar-refractivity contribution in [2.24, 2.45) is 67.5 Å². The molecule has 2 aliphatic rings. The number of carbonyl (C=O) groups is 8. The fraction of sp³-hybridized carbons (Fsp3) is 0.856. The molecule has 51 heteroatoms. The van der Waals surface area contributed by atoms with E-state index in [1.807, 2.05) is 62.3 Å². The monoisotopic (exact) mass is 2240 g/mol. The first-order valence-corrected chi connectivity index (χ1v) is 47.6. The molecule has 0 saturated heterocycles. The van der Waals surface area contributed by atoms with Gasteiger partial charge in [-0.1, -0.05) is 150 Å². The molecule has 3 atom stereocenters. The Morgan fingerprint density at radius 1 is 0.284 bits per heavy atom. The summed E-state index contributed by atoms with van der Waals surface area (Å²) in [5.41, 5.74) is -5.86. The highest BCUT2D eigenvalue weighted by molar-refractivity contribution is 5.79. The fourth-order valence-electron chi connectivity index (χ4n) is 11.0. The Labute approximate surface area is 843 Å². The fourth-order valence-corrected chi connectivity index (χ4v) is 11.0. The zero-order chi connectivity index (χ0) is 119. The first-order valence-electron chi connectivity index (χ1n) is 47.6. The number of alkyl halides is 30. The van der Waals surface area contributed by atoms with E-state index >= 15 is 0 Å². The van der Waals surface area contributed by atoms with Gasteiger partial charge < -0.3 is 37.9 Å². The van der Waals surface area contributed by atoms with E-state index in [2.05, 4.69) is 72.2 Å². The van der Waals surface area contributed by atoms with Crippen LogP contribution in [0.15, 0.2) is 0 Å². The van der Waals surface area contributed by atoms with Crippen LogP contribution in [0.5, 0.6) is 0 Å². The Bertz CT molecular complexity index is 3780. The van der Waals surface area contributed by atoms with Crippen molar-refractivity contribution in [1.82, 2.24) is 0 Å². The van der Waals surface area contributed by atoms with Crippen LogP contribution in [0.1, 0.15) is 361 Å². The van der Waals surface area contributed by atoms with Crippen LogP contribution in [-0.4, -0.2) is 158 Å². The van der Waals surface area contributed by atoms with Gasteiger partial charge in [-0.2, -0.15) is 132 Å². The van der Waals surface area contributed by atoms with Crippen LogP contribution >= 0.6 is 0 Å². The molecule has 0 spiro atoms. The first kappa shape index (κ1) is 151. The number of carbonyl (C=O) groups excluding carboxylic acids is 8. The third kappa shape index (κ3) is 55.9. The molecule has 3 unspecified atom stereocenters. The first-order chi connectivity index (χ1) is 65.8. The summed E-state index contributed by atoms with van der Waals surface area (Å²) in [5, 5.41) is 0. The lowest BCUT2D eigenvalue weighted by molar-refractivity contribution is -0.316. The van der Waals surface area contributed by atoms with Gasteiger partial charge in [0.1, 0.15) is 11.7 Å². The van der Waals surface area contributed by atoms with Gasteiger partial charge in [-0.25, -0.2) is 22.0 Å². The molecule has 3 rings (SSSR count). The van der Waals surface area contributed by atoms with Crippen LogP contribution in [0.3, 0.4) is 0 Å². The lowest BCUT2D eigenvalue weighted by atomic mass is 9.72. The van der Waals surface area contributed by atoms with E-state index < -0.39 is 191 Å². The van der Waals surface area contributed by atoms with E-state index in [0.717, 1.165) is 56.8 Å². The maximum absolute atomic E-state index is 13.1. The van der Waals surface area contributed by atoms with Crippen molar-refractivity contribution < 1.29 is 230 Å². The highest BCUT2D eigenvalue weighted by Gasteiger charge is 2.65. The second-order valence-electron chi connectivity index (χ2n) is 41.1. The van der Waals surface area contributed by atoms with Crippen molar-refractivity contribution in [3.05, 3.63) is 34.6 Å². The number of hydrogen-bond donors (Lipinski definition) is 0. The minimum absolute atomic E-state index is 0.0239. The smallest absolute Gasteiger partial charge is 0.434 e. The molecule has 0 radical (unpaired) electrons. The summed E-state index contributed by atoms with van der Waals surface area (Å²) in [6.45, 7) is 53.9. The summed E-state index contributed by atoms with van der Waals surface area (Å²) in [4.78, 5) is 91.0. The Morgan fingerprint density at radius 2 is 0.520 bits per heavy atom. The quantitative estimate of drug-likeness (QED) is 0.0169. The van der Waals surface area contributed by atoms with Crippen LogP contribution in [0, 0.1) is 96.6 Å². The minimum Gasteiger partial charge on any atom is -0.465 e. The van der Waals surface area contributed by atoms with Crippen LogP contribution in [0.25, 0.3) is 0 Å². The summed E-state index contributed by atoms with van der Waals surface area (Å²) < 4.78 is 459. The summed E-state index contributed by atoms with van der Waals surface area (Å²) >= 11 is 0. The topological polar surface area (TPSA) is 210 Å². The third-order valence-corrected chi connectivity index (χ3v) is 24.9. The number of rotatable bonds is 31. The Balaban J connectivity index is -0.000000384. The SMILES string of the molecule is CCC(C)(C)C(=O)OC(C(F)(F)F)C(F)(F)F.CCC(C)(C)C(=O)OC(C(F)(F)F)C(F)(F)F.CCC(C)(C)C(=O)OC(C(F)(F)F)C(F)(F)F.CCC(C)(C)C(=O)OC(C)(C)C1CCC(C)CC1.CCC(C)(C)C(=O)OC1CCC(C(C)(C)C)CC1.CCC(C)C(=O)OC(C(F)(F)F)C(F)(F)F.CCC(C)C(=O)OC(C(F)(F)F)C(F)(F)F.CCC(C)c1c(F)c(F)c(F)c(F)c1F.CCCCCCOC(=O)C(C)(C)CC. The van der Waals surface area contributed by atoms with Gasteiger partial charge in [0.2, 0.25) is 5.82 Å². The molecule has 2 saturated carbocycles. The van der Waals surface area contributed by atoms with Crippen molar-refractivity contribution >= 4 is 47.8 Å². The average molecular weight is 2240 g/mol. The molecule has 16 nitrogen and oxygen atoms in total. The predicted octanol–water partition coefficient (Wildman–Crippen LogP) is 33.1. The number of unbranched alkanes of at least 4 members (excludes halogenated alkanes) is 3. The molecule has 0 heterocycles.